The van der Waals surface area contributed by atoms with Crippen LogP contribution in [-0.2, 0) is 7.01 Å². The Morgan fingerprint density at radius 2 is 2.00 bits per heavy atom. The van der Waals surface area contributed by atoms with Crippen LogP contribution in [0.15, 0.2) is 23.1 Å². The maximum absolute atomic E-state index is 11.0. The summed E-state index contributed by atoms with van der Waals surface area (Å²) in [6, 6.07) is 4.29. The third-order valence-electron chi connectivity index (χ3n) is 1.23. The molecule has 0 spiro atoms. The van der Waals surface area contributed by atoms with E-state index < -0.39 is 7.01 Å². The van der Waals surface area contributed by atoms with E-state index >= 15 is 0 Å². The molecule has 66 valence electrons. The van der Waals surface area contributed by atoms with E-state index in [2.05, 4.69) is 0 Å². The summed E-state index contributed by atoms with van der Waals surface area (Å²) < 4.78 is 22.1. The molecule has 0 aliphatic heterocycles. The van der Waals surface area contributed by atoms with E-state index in [-0.39, 0.29) is 10.6 Å². The normalized spacial score (nSPS) is 11.5. The summed E-state index contributed by atoms with van der Waals surface area (Å²) in [5.41, 5.74) is 5.62. The van der Waals surface area contributed by atoms with E-state index in [1.54, 1.807) is 0 Å². The third-order valence-corrected chi connectivity index (χ3v) is 3.79. The Kier molecular flexibility index (Phi) is 2.84. The maximum Gasteiger partial charge on any atom is 0.233 e. The Morgan fingerprint density at radius 3 is 2.42 bits per heavy atom. The summed E-state index contributed by atoms with van der Waals surface area (Å²) >= 11 is 6.92. The topological polar surface area (TPSA) is 60.2 Å². The molecule has 1 aromatic carbocycles. The van der Waals surface area contributed by atoms with Crippen molar-refractivity contribution < 1.29 is 8.42 Å². The van der Waals surface area contributed by atoms with E-state index in [1.165, 1.54) is 39.4 Å². The minimum atomic E-state index is -3.26. The zero-order valence-corrected chi connectivity index (χ0v) is 9.52. The van der Waals surface area contributed by atoms with Crippen LogP contribution in [0.25, 0.3) is 0 Å². The predicted octanol–water partition coefficient (Wildman–Crippen LogP) is 2.05. The molecule has 3 nitrogen and oxygen atoms in total. The Morgan fingerprint density at radius 1 is 1.42 bits per heavy atom. The molecule has 2 N–H and O–H groups in total. The smallest absolute Gasteiger partial charge is 0.233 e. The summed E-state index contributed by atoms with van der Waals surface area (Å²) in [4.78, 5) is 0.104. The Bertz CT molecular complexity index is 404. The van der Waals surface area contributed by atoms with Crippen LogP contribution in [0.5, 0.6) is 0 Å². The number of anilines is 1. The van der Waals surface area contributed by atoms with Crippen LogP contribution in [0, 0.1) is 0 Å². The van der Waals surface area contributed by atoms with Gasteiger partial charge in [-0.05, 0) is 18.2 Å². The van der Waals surface area contributed by atoms with Crippen LogP contribution in [0.2, 0.25) is 5.02 Å². The highest BCUT2D eigenvalue weighted by atomic mass is 127. The van der Waals surface area contributed by atoms with Crippen LogP contribution in [0.4, 0.5) is 5.69 Å². The van der Waals surface area contributed by atoms with E-state index in [0.29, 0.717) is 5.02 Å². The number of hydrogen-bond acceptors (Lipinski definition) is 3. The Balaban J connectivity index is 3.39. The van der Waals surface area contributed by atoms with Gasteiger partial charge in [-0.3, -0.25) is 0 Å². The minimum Gasteiger partial charge on any atom is -0.398 e. The maximum atomic E-state index is 11.0. The van der Waals surface area contributed by atoms with Crippen molar-refractivity contribution in [2.24, 2.45) is 0 Å². The minimum absolute atomic E-state index is 0.104. The molecule has 6 heteroatoms. The molecular weight excluding hydrogens is 312 g/mol. The van der Waals surface area contributed by atoms with Crippen molar-refractivity contribution in [3.8, 4) is 0 Å². The lowest BCUT2D eigenvalue weighted by Gasteiger charge is -2.00. The highest BCUT2D eigenvalue weighted by Crippen LogP contribution is 2.26. The molecule has 0 radical (unpaired) electrons. The molecule has 0 unspecified atom stereocenters. The van der Waals surface area contributed by atoms with Crippen molar-refractivity contribution in [1.82, 2.24) is 0 Å². The van der Waals surface area contributed by atoms with Gasteiger partial charge in [0.2, 0.25) is 7.01 Å². The molecule has 1 aromatic rings. The van der Waals surface area contributed by atoms with Gasteiger partial charge in [-0.1, -0.05) is 11.6 Å². The lowest BCUT2D eigenvalue weighted by atomic mass is 10.3. The lowest BCUT2D eigenvalue weighted by Crippen LogP contribution is -1.96. The molecule has 1 rings (SSSR count). The van der Waals surface area contributed by atoms with Gasteiger partial charge >= 0.3 is 0 Å². The second kappa shape index (κ2) is 3.39. The van der Waals surface area contributed by atoms with Gasteiger partial charge in [-0.15, -0.1) is 0 Å². The van der Waals surface area contributed by atoms with Crippen molar-refractivity contribution in [2.75, 3.05) is 5.73 Å². The molecular formula is C6H5ClINO2S. The average molecular weight is 318 g/mol. The van der Waals surface area contributed by atoms with Crippen LogP contribution in [-0.4, -0.2) is 8.42 Å². The highest BCUT2D eigenvalue weighted by Gasteiger charge is 2.12. The lowest BCUT2D eigenvalue weighted by molar-refractivity contribution is 0.613. The first kappa shape index (κ1) is 10.1. The molecule has 0 aromatic heterocycles. The molecule has 0 heterocycles. The summed E-state index contributed by atoms with van der Waals surface area (Å²) in [7, 11) is -3.26. The highest BCUT2D eigenvalue weighted by molar-refractivity contribution is 14.2. The number of benzene rings is 1. The summed E-state index contributed by atoms with van der Waals surface area (Å²) in [6.07, 6.45) is 0. The van der Waals surface area contributed by atoms with E-state index in [9.17, 15) is 8.42 Å². The number of halogens is 2. The largest absolute Gasteiger partial charge is 0.398 e. The van der Waals surface area contributed by atoms with Gasteiger partial charge in [-0.2, -0.15) is 0 Å². The van der Waals surface area contributed by atoms with E-state index in [4.69, 9.17) is 17.3 Å². The van der Waals surface area contributed by atoms with Gasteiger partial charge in [0.1, 0.15) is 0 Å². The molecule has 0 atom stereocenters. The SMILES string of the molecule is Nc1cc(Cl)ccc1S(=O)(=O)I. The first-order valence-electron chi connectivity index (χ1n) is 2.91. The standard InChI is InChI=1S/C6H5ClINO2S/c7-4-1-2-6(5(9)3-4)12(8,10)11/h1-3H,9H2. The first-order valence-corrected chi connectivity index (χ1v) is 7.31. The second-order valence-electron chi connectivity index (χ2n) is 2.12. The predicted molar refractivity (Wildman–Crippen MR) is 57.1 cm³/mol. The van der Waals surface area contributed by atoms with Gasteiger partial charge in [0.15, 0.2) is 0 Å². The molecule has 0 fully saturated rings. The third kappa shape index (κ3) is 2.24. The van der Waals surface area contributed by atoms with Crippen molar-refractivity contribution in [2.45, 2.75) is 4.90 Å². The zero-order chi connectivity index (χ0) is 9.35. The zero-order valence-electron chi connectivity index (χ0n) is 5.79. The fourth-order valence-corrected chi connectivity index (χ4v) is 2.70. The number of rotatable bonds is 1. The fourth-order valence-electron chi connectivity index (χ4n) is 0.741. The molecule has 0 saturated carbocycles. The Hall–Kier alpha value is -0.0100. The number of nitrogen functional groups attached to an aromatic ring is 1. The molecule has 0 aliphatic rings. The average Bonchev–Trinajstić information content (AvgIpc) is 1.83. The van der Waals surface area contributed by atoms with Crippen molar-refractivity contribution >= 4 is 45.5 Å². The fraction of sp³-hybridized carbons (Fsp3) is 0. The van der Waals surface area contributed by atoms with Gasteiger partial charge in [0.05, 0.1) is 31.8 Å². The molecule has 0 saturated heterocycles. The van der Waals surface area contributed by atoms with Crippen molar-refractivity contribution in [1.29, 1.82) is 0 Å². The van der Waals surface area contributed by atoms with Gasteiger partial charge in [0, 0.05) is 5.02 Å². The summed E-state index contributed by atoms with van der Waals surface area (Å²) in [5, 5.41) is 0.427. The monoisotopic (exact) mass is 317 g/mol. The molecule has 12 heavy (non-hydrogen) atoms. The number of nitrogens with two attached hydrogens (primary N) is 1. The Labute approximate surface area is 87.4 Å². The van der Waals surface area contributed by atoms with Crippen LogP contribution < -0.4 is 5.73 Å². The van der Waals surface area contributed by atoms with Gasteiger partial charge < -0.3 is 5.73 Å². The van der Waals surface area contributed by atoms with Crippen LogP contribution in [0.1, 0.15) is 0 Å². The van der Waals surface area contributed by atoms with Gasteiger partial charge in [0.25, 0.3) is 0 Å². The van der Waals surface area contributed by atoms with Crippen LogP contribution >= 0.6 is 32.8 Å². The van der Waals surface area contributed by atoms with E-state index in [1.807, 2.05) is 0 Å². The number of hydrogen-bond donors (Lipinski definition) is 1. The second-order valence-corrected chi connectivity index (χ2v) is 7.35. The van der Waals surface area contributed by atoms with Crippen molar-refractivity contribution in [3.05, 3.63) is 23.2 Å². The molecule has 0 aliphatic carbocycles. The van der Waals surface area contributed by atoms with Crippen molar-refractivity contribution in [3.63, 3.8) is 0 Å². The quantitative estimate of drug-likeness (QED) is 0.490. The van der Waals surface area contributed by atoms with Gasteiger partial charge in [-0.25, -0.2) is 8.42 Å². The summed E-state index contributed by atoms with van der Waals surface area (Å²) in [5.74, 6) is 0. The summed E-state index contributed by atoms with van der Waals surface area (Å²) in [6.45, 7) is 0. The molecule has 0 amide bonds. The van der Waals surface area contributed by atoms with E-state index in [0.717, 1.165) is 0 Å². The van der Waals surface area contributed by atoms with Crippen LogP contribution in [0.3, 0.4) is 0 Å². The first-order chi connectivity index (χ1) is 5.41. The molecule has 0 bridgehead atoms.